The van der Waals surface area contributed by atoms with Crippen molar-refractivity contribution < 1.29 is 28.2 Å². The summed E-state index contributed by atoms with van der Waals surface area (Å²) in [6, 6.07) is 15.3. The molecule has 0 radical (unpaired) electrons. The molecule has 1 aliphatic rings. The van der Waals surface area contributed by atoms with Crippen molar-refractivity contribution in [1.29, 1.82) is 0 Å². The summed E-state index contributed by atoms with van der Waals surface area (Å²) in [7, 11) is 0. The van der Waals surface area contributed by atoms with Crippen LogP contribution in [-0.4, -0.2) is 25.0 Å². The molecule has 1 heterocycles. The fourth-order valence-corrected chi connectivity index (χ4v) is 3.30. The maximum Gasteiger partial charge on any atom is 0.339 e. The Balaban J connectivity index is 1.58. The van der Waals surface area contributed by atoms with Crippen LogP contribution in [0.5, 0.6) is 11.5 Å². The van der Waals surface area contributed by atoms with Gasteiger partial charge in [-0.15, -0.1) is 0 Å². The van der Waals surface area contributed by atoms with Crippen LogP contribution < -0.4 is 9.47 Å². The molecule has 3 aromatic carbocycles. The van der Waals surface area contributed by atoms with Gasteiger partial charge in [0, 0.05) is 16.7 Å². The summed E-state index contributed by atoms with van der Waals surface area (Å²) in [5.74, 6) is -0.663. The quantitative estimate of drug-likeness (QED) is 0.431. The average molecular weight is 427 g/mol. The molecule has 0 N–H and O–H groups in total. The van der Waals surface area contributed by atoms with E-state index in [0.29, 0.717) is 30.3 Å². The number of esters is 1. The molecule has 0 aliphatic carbocycles. The largest absolute Gasteiger partial charge is 0.486 e. The van der Waals surface area contributed by atoms with Gasteiger partial charge >= 0.3 is 5.97 Å². The summed E-state index contributed by atoms with van der Waals surface area (Å²) in [4.78, 5) is 25.7. The van der Waals surface area contributed by atoms with E-state index in [4.69, 9.17) is 25.8 Å². The third-order valence-corrected chi connectivity index (χ3v) is 4.96. The minimum atomic E-state index is -0.754. The highest BCUT2D eigenvalue weighted by atomic mass is 35.5. The van der Waals surface area contributed by atoms with Crippen LogP contribution in [0.1, 0.15) is 31.8 Å². The third-order valence-electron chi connectivity index (χ3n) is 4.61. The normalized spacial score (nSPS) is 12.3. The summed E-state index contributed by atoms with van der Waals surface area (Å²) in [6.07, 6.45) is 0. The summed E-state index contributed by atoms with van der Waals surface area (Å²) in [6.45, 7) is 0.490. The molecule has 5 nitrogen and oxygen atoms in total. The predicted molar refractivity (Wildman–Crippen MR) is 108 cm³/mol. The van der Waals surface area contributed by atoms with Crippen LogP contribution in [-0.2, 0) is 11.3 Å². The van der Waals surface area contributed by atoms with E-state index in [1.807, 2.05) is 0 Å². The fourth-order valence-electron chi connectivity index (χ4n) is 3.08. The number of halogens is 2. The first-order valence-electron chi connectivity index (χ1n) is 9.18. The van der Waals surface area contributed by atoms with Gasteiger partial charge in [0.05, 0.1) is 10.6 Å². The second kappa shape index (κ2) is 8.55. The van der Waals surface area contributed by atoms with Crippen molar-refractivity contribution in [2.75, 3.05) is 13.2 Å². The van der Waals surface area contributed by atoms with Crippen molar-refractivity contribution in [2.24, 2.45) is 0 Å². The maximum atomic E-state index is 13.9. The lowest BCUT2D eigenvalue weighted by atomic mass is 9.98. The zero-order valence-electron chi connectivity index (χ0n) is 15.7. The first-order valence-corrected chi connectivity index (χ1v) is 9.56. The van der Waals surface area contributed by atoms with Gasteiger partial charge in [-0.25, -0.2) is 9.18 Å². The topological polar surface area (TPSA) is 61.8 Å². The van der Waals surface area contributed by atoms with E-state index in [0.717, 1.165) is 0 Å². The zero-order chi connectivity index (χ0) is 21.1. The summed E-state index contributed by atoms with van der Waals surface area (Å²) < 4.78 is 30.1. The van der Waals surface area contributed by atoms with Gasteiger partial charge in [-0.1, -0.05) is 35.9 Å². The van der Waals surface area contributed by atoms with Crippen molar-refractivity contribution in [1.82, 2.24) is 0 Å². The number of carbonyl (C=O) groups excluding carboxylic acids is 2. The van der Waals surface area contributed by atoms with Crippen molar-refractivity contribution in [2.45, 2.75) is 6.61 Å². The molecule has 1 aliphatic heterocycles. The molecule has 30 heavy (non-hydrogen) atoms. The van der Waals surface area contributed by atoms with Gasteiger partial charge in [0.25, 0.3) is 0 Å². The second-order valence-corrected chi connectivity index (χ2v) is 6.92. The average Bonchev–Trinajstić information content (AvgIpc) is 2.77. The number of hydrogen-bond acceptors (Lipinski definition) is 5. The Morgan fingerprint density at radius 1 is 0.933 bits per heavy atom. The number of ether oxygens (including phenoxy) is 3. The zero-order valence-corrected chi connectivity index (χ0v) is 16.4. The Kier molecular flexibility index (Phi) is 5.68. The molecule has 0 unspecified atom stereocenters. The van der Waals surface area contributed by atoms with Gasteiger partial charge < -0.3 is 14.2 Å². The highest BCUT2D eigenvalue weighted by molar-refractivity contribution is 6.31. The maximum absolute atomic E-state index is 13.9. The van der Waals surface area contributed by atoms with Crippen LogP contribution >= 0.6 is 11.6 Å². The minimum absolute atomic E-state index is 0.0724. The first-order chi connectivity index (χ1) is 14.5. The molecule has 152 valence electrons. The molecule has 0 atom stereocenters. The molecule has 0 bridgehead atoms. The molecule has 0 saturated heterocycles. The number of carbonyl (C=O) groups is 2. The molecule has 4 rings (SSSR count). The Labute approximate surface area is 176 Å². The monoisotopic (exact) mass is 426 g/mol. The summed E-state index contributed by atoms with van der Waals surface area (Å²) in [5.41, 5.74) is 0.656. The molecule has 7 heteroatoms. The lowest BCUT2D eigenvalue weighted by Gasteiger charge is -2.18. The third kappa shape index (κ3) is 4.00. The standard InChI is InChI=1S/C23H16ClFO5/c24-18-6-3-7-19(25)17(18)13-30-23(27)16-5-2-1-4-15(16)22(26)14-8-9-20-21(12-14)29-11-10-28-20/h1-9,12H,10-11,13H2. The summed E-state index contributed by atoms with van der Waals surface area (Å²) in [5, 5.41) is 0.156. The fraction of sp³-hybridized carbons (Fsp3) is 0.130. The summed E-state index contributed by atoms with van der Waals surface area (Å²) >= 11 is 5.97. The predicted octanol–water partition coefficient (Wildman–Crippen LogP) is 4.84. The van der Waals surface area contributed by atoms with Gasteiger partial charge in [-0.2, -0.15) is 0 Å². The Hall–Kier alpha value is -3.38. The number of rotatable bonds is 5. The molecule has 3 aromatic rings. The number of hydrogen-bond donors (Lipinski definition) is 0. The number of benzene rings is 3. The van der Waals surface area contributed by atoms with Crippen molar-refractivity contribution in [3.05, 3.63) is 93.8 Å². The lowest BCUT2D eigenvalue weighted by molar-refractivity contribution is 0.0466. The Bertz CT molecular complexity index is 1110. The lowest BCUT2D eigenvalue weighted by Crippen LogP contribution is -2.16. The second-order valence-electron chi connectivity index (χ2n) is 6.51. The highest BCUT2D eigenvalue weighted by Gasteiger charge is 2.22. The van der Waals surface area contributed by atoms with E-state index < -0.39 is 11.8 Å². The van der Waals surface area contributed by atoms with Crippen LogP contribution in [0.3, 0.4) is 0 Å². The number of ketones is 1. The first kappa shape index (κ1) is 19.9. The molecule has 0 fully saturated rings. The smallest absolute Gasteiger partial charge is 0.339 e. The Morgan fingerprint density at radius 3 is 2.43 bits per heavy atom. The van der Waals surface area contributed by atoms with Gasteiger partial charge in [0.15, 0.2) is 17.3 Å². The van der Waals surface area contributed by atoms with Crippen LogP contribution in [0.2, 0.25) is 5.02 Å². The van der Waals surface area contributed by atoms with Crippen LogP contribution in [0.4, 0.5) is 4.39 Å². The van der Waals surface area contributed by atoms with Gasteiger partial charge in [-0.05, 0) is 36.4 Å². The van der Waals surface area contributed by atoms with E-state index >= 15 is 0 Å². The van der Waals surface area contributed by atoms with Crippen molar-refractivity contribution >= 4 is 23.4 Å². The Morgan fingerprint density at radius 2 is 1.67 bits per heavy atom. The van der Waals surface area contributed by atoms with E-state index in [1.165, 1.54) is 30.3 Å². The van der Waals surface area contributed by atoms with Gasteiger partial charge in [0.2, 0.25) is 0 Å². The molecular weight excluding hydrogens is 411 g/mol. The molecule has 0 aromatic heterocycles. The molecule has 0 amide bonds. The molecule has 0 spiro atoms. The van der Waals surface area contributed by atoms with Crippen molar-refractivity contribution in [3.63, 3.8) is 0 Å². The van der Waals surface area contributed by atoms with Gasteiger partial charge in [-0.3, -0.25) is 4.79 Å². The van der Waals surface area contributed by atoms with Crippen LogP contribution in [0, 0.1) is 5.82 Å². The van der Waals surface area contributed by atoms with E-state index in [1.54, 1.807) is 30.3 Å². The molecular formula is C23H16ClFO5. The van der Waals surface area contributed by atoms with Crippen LogP contribution in [0.25, 0.3) is 0 Å². The number of fused-ring (bicyclic) bond motifs is 1. The van der Waals surface area contributed by atoms with E-state index in [2.05, 4.69) is 0 Å². The van der Waals surface area contributed by atoms with Crippen molar-refractivity contribution in [3.8, 4) is 11.5 Å². The van der Waals surface area contributed by atoms with E-state index in [9.17, 15) is 14.0 Å². The minimum Gasteiger partial charge on any atom is -0.486 e. The van der Waals surface area contributed by atoms with Crippen LogP contribution in [0.15, 0.2) is 60.7 Å². The SMILES string of the molecule is O=C(OCc1c(F)cccc1Cl)c1ccccc1C(=O)c1ccc2c(c1)OCCO2. The van der Waals surface area contributed by atoms with Gasteiger partial charge in [0.1, 0.15) is 25.6 Å². The van der Waals surface area contributed by atoms with E-state index in [-0.39, 0.29) is 34.1 Å². The molecule has 0 saturated carbocycles. The highest BCUT2D eigenvalue weighted by Crippen LogP contribution is 2.32.